The molecule has 1 saturated heterocycles. The summed E-state index contributed by atoms with van der Waals surface area (Å²) in [5.41, 5.74) is 1.59. The molecule has 2 atom stereocenters. The largest absolute Gasteiger partial charge is 0.490 e. The van der Waals surface area contributed by atoms with E-state index in [1.54, 1.807) is 18.5 Å². The Morgan fingerprint density at radius 1 is 1.33 bits per heavy atom. The molecule has 2 N–H and O–H groups in total. The third-order valence-corrected chi connectivity index (χ3v) is 5.88. The van der Waals surface area contributed by atoms with Crippen molar-refractivity contribution in [1.82, 2.24) is 15.2 Å². The van der Waals surface area contributed by atoms with Crippen molar-refractivity contribution < 1.29 is 37.1 Å². The SMILES string of the molecule is Cc1cc(C(=O)N2CCC3(CC3C(=O)NCc3cccnc3)C2)c(C)o1.O=C(O)C(F)(F)F. The third kappa shape index (κ3) is 5.71. The number of nitrogens with one attached hydrogen (secondary N) is 1. The van der Waals surface area contributed by atoms with Crippen molar-refractivity contribution in [2.45, 2.75) is 39.4 Å². The molecule has 4 rings (SSSR count). The van der Waals surface area contributed by atoms with E-state index < -0.39 is 12.1 Å². The van der Waals surface area contributed by atoms with Crippen LogP contribution in [-0.4, -0.2) is 52.0 Å². The highest BCUT2D eigenvalue weighted by atomic mass is 19.4. The molecule has 2 aliphatic rings. The number of aryl methyl sites for hydroxylation is 2. The predicted octanol–water partition coefficient (Wildman–Crippen LogP) is 3.09. The van der Waals surface area contributed by atoms with Gasteiger partial charge < -0.3 is 19.7 Å². The molecule has 0 bridgehead atoms. The number of furan rings is 1. The lowest BCUT2D eigenvalue weighted by atomic mass is 10.0. The van der Waals surface area contributed by atoms with Crippen LogP contribution in [0.3, 0.4) is 0 Å². The van der Waals surface area contributed by atoms with Gasteiger partial charge in [-0.05, 0) is 44.4 Å². The van der Waals surface area contributed by atoms with Crippen molar-refractivity contribution in [2.24, 2.45) is 11.3 Å². The second-order valence-corrected chi connectivity index (χ2v) is 8.30. The number of likely N-dealkylation sites (tertiary alicyclic amines) is 1. The molecule has 0 aromatic carbocycles. The number of hydrogen-bond donors (Lipinski definition) is 2. The first-order chi connectivity index (χ1) is 15.4. The van der Waals surface area contributed by atoms with E-state index in [1.807, 2.05) is 30.9 Å². The second-order valence-electron chi connectivity index (χ2n) is 8.30. The topological polar surface area (TPSA) is 113 Å². The summed E-state index contributed by atoms with van der Waals surface area (Å²) < 4.78 is 37.2. The van der Waals surface area contributed by atoms with E-state index in [0.29, 0.717) is 31.0 Å². The number of pyridine rings is 1. The first kappa shape index (κ1) is 24.3. The number of rotatable bonds is 4. The number of carboxylic acids is 1. The number of aromatic nitrogens is 1. The summed E-state index contributed by atoms with van der Waals surface area (Å²) in [6.45, 7) is 5.52. The zero-order valence-corrected chi connectivity index (χ0v) is 18.1. The molecule has 1 aliphatic carbocycles. The van der Waals surface area contributed by atoms with Crippen molar-refractivity contribution in [3.63, 3.8) is 0 Å². The quantitative estimate of drug-likeness (QED) is 0.715. The summed E-state index contributed by atoms with van der Waals surface area (Å²) in [6, 6.07) is 5.61. The molecule has 1 saturated carbocycles. The van der Waals surface area contributed by atoms with Crippen LogP contribution in [0.2, 0.25) is 0 Å². The minimum absolute atomic E-state index is 0.00385. The normalized spacial score (nSPS) is 21.4. The standard InChI is InChI=1S/C20H23N3O3.C2HF3O2/c1-13-8-16(14(2)26-13)19(25)23-7-5-20(12-23)9-17(20)18(24)22-11-15-4-3-6-21-10-15;3-2(4,5)1(6)7/h3-4,6,8,10,17H,5,7,9,11-12H2,1-2H3,(H,22,24);(H,6,7). The number of nitrogens with zero attached hydrogens (tertiary/aromatic N) is 2. The number of halogens is 3. The molecule has 0 radical (unpaired) electrons. The van der Waals surface area contributed by atoms with Gasteiger partial charge in [-0.3, -0.25) is 14.6 Å². The van der Waals surface area contributed by atoms with Gasteiger partial charge in [-0.1, -0.05) is 6.07 Å². The van der Waals surface area contributed by atoms with Crippen LogP contribution in [0.15, 0.2) is 35.0 Å². The van der Waals surface area contributed by atoms with E-state index in [9.17, 15) is 22.8 Å². The van der Waals surface area contributed by atoms with Gasteiger partial charge in [0.05, 0.1) is 5.56 Å². The Kier molecular flexibility index (Phi) is 6.80. The Morgan fingerprint density at radius 3 is 2.58 bits per heavy atom. The Bertz CT molecular complexity index is 1040. The van der Waals surface area contributed by atoms with E-state index in [4.69, 9.17) is 14.3 Å². The van der Waals surface area contributed by atoms with Crippen LogP contribution < -0.4 is 5.32 Å². The smallest absolute Gasteiger partial charge is 0.475 e. The number of carbonyl (C=O) groups excluding carboxylic acids is 2. The molecular weight excluding hydrogens is 443 g/mol. The van der Waals surface area contributed by atoms with Gasteiger partial charge in [0.15, 0.2) is 0 Å². The molecule has 11 heteroatoms. The van der Waals surface area contributed by atoms with E-state index in [0.717, 1.165) is 24.2 Å². The summed E-state index contributed by atoms with van der Waals surface area (Å²) >= 11 is 0. The Labute approximate surface area is 187 Å². The molecule has 2 aromatic heterocycles. The molecule has 33 heavy (non-hydrogen) atoms. The Hall–Kier alpha value is -3.37. The molecule has 3 heterocycles. The first-order valence-corrected chi connectivity index (χ1v) is 10.3. The van der Waals surface area contributed by atoms with Gasteiger partial charge in [-0.25, -0.2) is 4.79 Å². The number of carboxylic acid groups (broad SMARTS) is 1. The van der Waals surface area contributed by atoms with E-state index in [-0.39, 0.29) is 23.1 Å². The van der Waals surface area contributed by atoms with Crippen LogP contribution in [0.1, 0.15) is 40.3 Å². The number of alkyl halides is 3. The van der Waals surface area contributed by atoms with Gasteiger partial charge in [0.1, 0.15) is 11.5 Å². The van der Waals surface area contributed by atoms with Crippen molar-refractivity contribution in [3.8, 4) is 0 Å². The Morgan fingerprint density at radius 2 is 2.03 bits per heavy atom. The lowest BCUT2D eigenvalue weighted by Crippen LogP contribution is -2.31. The summed E-state index contributed by atoms with van der Waals surface area (Å²) in [5, 5.41) is 10.1. The first-order valence-electron chi connectivity index (χ1n) is 10.3. The molecule has 2 fully saturated rings. The van der Waals surface area contributed by atoms with Crippen molar-refractivity contribution >= 4 is 17.8 Å². The van der Waals surface area contributed by atoms with E-state index in [2.05, 4.69) is 10.3 Å². The van der Waals surface area contributed by atoms with Crippen molar-refractivity contribution in [1.29, 1.82) is 0 Å². The fourth-order valence-corrected chi connectivity index (χ4v) is 4.07. The third-order valence-electron chi connectivity index (χ3n) is 5.88. The molecule has 1 spiro atoms. The number of aliphatic carboxylic acids is 1. The molecule has 178 valence electrons. The summed E-state index contributed by atoms with van der Waals surface area (Å²) in [6.07, 6.45) is 0.140. The zero-order valence-electron chi connectivity index (χ0n) is 18.1. The van der Waals surface area contributed by atoms with E-state index >= 15 is 0 Å². The average Bonchev–Trinajstić information content (AvgIpc) is 3.10. The molecule has 8 nitrogen and oxygen atoms in total. The highest BCUT2D eigenvalue weighted by molar-refractivity contribution is 5.95. The van der Waals surface area contributed by atoms with Crippen LogP contribution in [0.25, 0.3) is 0 Å². The Balaban J connectivity index is 0.000000383. The summed E-state index contributed by atoms with van der Waals surface area (Å²) in [7, 11) is 0. The van der Waals surface area contributed by atoms with Gasteiger partial charge in [0, 0.05) is 43.4 Å². The molecule has 1 aliphatic heterocycles. The lowest BCUT2D eigenvalue weighted by Gasteiger charge is -2.16. The van der Waals surface area contributed by atoms with Crippen LogP contribution in [0, 0.1) is 25.2 Å². The fourth-order valence-electron chi connectivity index (χ4n) is 4.07. The summed E-state index contributed by atoms with van der Waals surface area (Å²) in [5.74, 6) is -1.25. The highest BCUT2D eigenvalue weighted by Gasteiger charge is 2.61. The van der Waals surface area contributed by atoms with Crippen LogP contribution in [0.4, 0.5) is 13.2 Å². The maximum absolute atomic E-state index is 12.7. The minimum atomic E-state index is -5.08. The second kappa shape index (κ2) is 9.24. The predicted molar refractivity (Wildman–Crippen MR) is 109 cm³/mol. The van der Waals surface area contributed by atoms with Crippen LogP contribution >= 0.6 is 0 Å². The van der Waals surface area contributed by atoms with Crippen molar-refractivity contribution in [2.75, 3.05) is 13.1 Å². The molecule has 2 unspecified atom stereocenters. The zero-order chi connectivity index (χ0) is 24.4. The molecule has 2 amide bonds. The molecular formula is C22H24F3N3O5. The van der Waals surface area contributed by atoms with Crippen LogP contribution in [-0.2, 0) is 16.1 Å². The maximum Gasteiger partial charge on any atom is 0.490 e. The maximum atomic E-state index is 12.7. The lowest BCUT2D eigenvalue weighted by molar-refractivity contribution is -0.192. The molecule has 2 aromatic rings. The number of hydrogen-bond acceptors (Lipinski definition) is 5. The summed E-state index contributed by atoms with van der Waals surface area (Å²) in [4.78, 5) is 40.1. The average molecular weight is 467 g/mol. The highest BCUT2D eigenvalue weighted by Crippen LogP contribution is 2.58. The van der Waals surface area contributed by atoms with Gasteiger partial charge in [-0.2, -0.15) is 13.2 Å². The minimum Gasteiger partial charge on any atom is -0.475 e. The van der Waals surface area contributed by atoms with Crippen molar-refractivity contribution in [3.05, 3.63) is 53.2 Å². The van der Waals surface area contributed by atoms with Gasteiger partial charge >= 0.3 is 12.1 Å². The van der Waals surface area contributed by atoms with Gasteiger partial charge in [-0.15, -0.1) is 0 Å². The van der Waals surface area contributed by atoms with Crippen LogP contribution in [0.5, 0.6) is 0 Å². The van der Waals surface area contributed by atoms with Gasteiger partial charge in [0.2, 0.25) is 5.91 Å². The number of amides is 2. The number of carbonyl (C=O) groups is 3. The fraction of sp³-hybridized carbons (Fsp3) is 0.455. The van der Waals surface area contributed by atoms with E-state index in [1.165, 1.54) is 0 Å². The monoisotopic (exact) mass is 467 g/mol. The van der Waals surface area contributed by atoms with Gasteiger partial charge in [0.25, 0.3) is 5.91 Å².